The second-order valence-electron chi connectivity index (χ2n) is 11.4. The van der Waals surface area contributed by atoms with Gasteiger partial charge in [0.25, 0.3) is 5.91 Å². The lowest BCUT2D eigenvalue weighted by atomic mass is 9.90. The number of rotatable bonds is 7. The number of hydrogen-bond donors (Lipinski definition) is 3. The standard InChI is InChI=1S/C27H33ClFN5O4.C2H6/c1-26(2,36)13-38-22-10-21(34(4)32-22)27(37)11-16-7-15(8-17(16)12-27)23-24(33(3)14-30-23)25(35)31-18-5-6-20(29)19(28)9-18;1-2/h5-6,9-10,14-17,36-37H,7-8,11-13H2,1-4H3,(H,31,35);1-2H3/t15?,16-,17?,27?;/m0./s1. The third kappa shape index (κ3) is 6.19. The van der Waals surface area contributed by atoms with Gasteiger partial charge in [0.05, 0.1) is 28.3 Å². The van der Waals surface area contributed by atoms with Crippen LogP contribution in [-0.4, -0.2) is 47.7 Å². The van der Waals surface area contributed by atoms with Crippen molar-refractivity contribution in [3.63, 3.8) is 0 Å². The van der Waals surface area contributed by atoms with E-state index in [0.29, 0.717) is 35.8 Å². The van der Waals surface area contributed by atoms with Crippen LogP contribution in [0.15, 0.2) is 30.6 Å². The minimum atomic E-state index is -1.02. The van der Waals surface area contributed by atoms with Gasteiger partial charge in [0.15, 0.2) is 0 Å². The zero-order valence-electron chi connectivity index (χ0n) is 23.9. The van der Waals surface area contributed by atoms with E-state index in [9.17, 15) is 19.4 Å². The fraction of sp³-hybridized carbons (Fsp3) is 0.552. The Kier molecular flexibility index (Phi) is 8.63. The number of imidazole rings is 1. The molecule has 0 spiro atoms. The average Bonchev–Trinajstić information content (AvgIpc) is 3.62. The van der Waals surface area contributed by atoms with E-state index in [2.05, 4.69) is 15.4 Å². The lowest BCUT2D eigenvalue weighted by Crippen LogP contribution is -2.28. The lowest BCUT2D eigenvalue weighted by Gasteiger charge is -2.24. The Morgan fingerprint density at radius 1 is 1.23 bits per heavy atom. The first kappa shape index (κ1) is 30.0. The largest absolute Gasteiger partial charge is 0.474 e. The van der Waals surface area contributed by atoms with Crippen LogP contribution in [0.25, 0.3) is 0 Å². The van der Waals surface area contributed by atoms with Crippen LogP contribution in [0, 0.1) is 17.7 Å². The summed E-state index contributed by atoms with van der Waals surface area (Å²) in [5.74, 6) is 0.131. The molecule has 218 valence electrons. The number of benzene rings is 1. The number of nitrogens with one attached hydrogen (secondary N) is 1. The molecule has 4 atom stereocenters. The van der Waals surface area contributed by atoms with Gasteiger partial charge in [0.2, 0.25) is 5.88 Å². The van der Waals surface area contributed by atoms with Crippen molar-refractivity contribution in [2.45, 2.75) is 70.5 Å². The number of halogens is 2. The van der Waals surface area contributed by atoms with Gasteiger partial charge in [-0.15, -0.1) is 5.10 Å². The number of carbonyl (C=O) groups excluding carboxylic acids is 1. The Balaban J connectivity index is 0.00000181. The van der Waals surface area contributed by atoms with Gasteiger partial charge in [-0.3, -0.25) is 9.48 Å². The molecule has 2 aliphatic carbocycles. The van der Waals surface area contributed by atoms with Gasteiger partial charge in [-0.2, -0.15) is 0 Å². The summed E-state index contributed by atoms with van der Waals surface area (Å²) in [6.07, 6.45) is 4.43. The molecule has 1 amide bonds. The molecule has 40 heavy (non-hydrogen) atoms. The van der Waals surface area contributed by atoms with E-state index in [0.717, 1.165) is 18.5 Å². The maximum absolute atomic E-state index is 13.5. The molecule has 3 N–H and O–H groups in total. The summed E-state index contributed by atoms with van der Waals surface area (Å²) in [5.41, 5.74) is 0.296. The van der Waals surface area contributed by atoms with Crippen molar-refractivity contribution in [1.82, 2.24) is 19.3 Å². The highest BCUT2D eigenvalue weighted by Crippen LogP contribution is 2.57. The van der Waals surface area contributed by atoms with Crippen molar-refractivity contribution in [2.75, 3.05) is 11.9 Å². The normalized spacial score (nSPS) is 23.9. The third-order valence-electron chi connectivity index (χ3n) is 7.69. The van der Waals surface area contributed by atoms with Gasteiger partial charge in [-0.25, -0.2) is 9.37 Å². The Morgan fingerprint density at radius 3 is 2.48 bits per heavy atom. The number of hydrogen-bond acceptors (Lipinski definition) is 6. The minimum absolute atomic E-state index is 0.0616. The number of nitrogens with zero attached hydrogens (tertiary/aromatic N) is 4. The quantitative estimate of drug-likeness (QED) is 0.358. The Morgan fingerprint density at radius 2 is 1.88 bits per heavy atom. The first-order valence-corrected chi connectivity index (χ1v) is 14.1. The number of fused-ring (bicyclic) bond motifs is 1. The number of amides is 1. The smallest absolute Gasteiger partial charge is 0.274 e. The fourth-order valence-corrected chi connectivity index (χ4v) is 6.26. The Labute approximate surface area is 239 Å². The summed E-state index contributed by atoms with van der Waals surface area (Å²) < 4.78 is 22.5. The van der Waals surface area contributed by atoms with Gasteiger partial charge >= 0.3 is 0 Å². The van der Waals surface area contributed by atoms with Gasteiger partial charge in [0, 0.05) is 31.8 Å². The van der Waals surface area contributed by atoms with Crippen molar-refractivity contribution in [3.8, 4) is 5.88 Å². The second-order valence-corrected chi connectivity index (χ2v) is 11.8. The summed E-state index contributed by atoms with van der Waals surface area (Å²) in [6.45, 7) is 7.42. The van der Waals surface area contributed by atoms with Crippen molar-refractivity contribution in [2.24, 2.45) is 25.9 Å². The van der Waals surface area contributed by atoms with Gasteiger partial charge in [-0.05, 0) is 69.6 Å². The van der Waals surface area contributed by atoms with Crippen LogP contribution < -0.4 is 10.1 Å². The number of anilines is 1. The van der Waals surface area contributed by atoms with Crippen molar-refractivity contribution < 1.29 is 24.1 Å². The highest BCUT2D eigenvalue weighted by molar-refractivity contribution is 6.31. The molecular formula is C29H39ClFN5O4. The molecule has 2 heterocycles. The second kappa shape index (κ2) is 11.5. The van der Waals surface area contributed by atoms with Crippen LogP contribution in [0.5, 0.6) is 5.88 Å². The van der Waals surface area contributed by atoms with Crippen LogP contribution in [-0.2, 0) is 19.7 Å². The molecule has 2 aliphatic rings. The van der Waals surface area contributed by atoms with Crippen LogP contribution in [0.1, 0.15) is 81.2 Å². The molecule has 5 rings (SSSR count). The van der Waals surface area contributed by atoms with Crippen molar-refractivity contribution >= 4 is 23.2 Å². The number of aryl methyl sites for hydroxylation is 2. The van der Waals surface area contributed by atoms with Gasteiger partial charge in [-0.1, -0.05) is 25.4 Å². The number of ether oxygens (including phenoxy) is 1. The SMILES string of the molecule is CC.Cn1cnc(C2CC3CC(O)(c4cc(OCC(C)(C)O)nn4C)C[C@@H]3C2)c1C(=O)Nc1ccc(F)c(Cl)c1. The Bertz CT molecular complexity index is 1350. The maximum atomic E-state index is 13.5. The molecule has 9 nitrogen and oxygen atoms in total. The van der Waals surface area contributed by atoms with E-state index in [1.54, 1.807) is 49.6 Å². The third-order valence-corrected chi connectivity index (χ3v) is 7.98. The zero-order chi connectivity index (χ0) is 29.4. The van der Waals surface area contributed by atoms with Gasteiger partial charge in [0.1, 0.15) is 23.7 Å². The van der Waals surface area contributed by atoms with Crippen LogP contribution in [0.2, 0.25) is 5.02 Å². The van der Waals surface area contributed by atoms with E-state index >= 15 is 0 Å². The number of aromatic nitrogens is 4. The lowest BCUT2D eigenvalue weighted by molar-refractivity contribution is 0.0261. The highest BCUT2D eigenvalue weighted by Gasteiger charge is 2.51. The first-order chi connectivity index (χ1) is 18.8. The topological polar surface area (TPSA) is 114 Å². The minimum Gasteiger partial charge on any atom is -0.474 e. The molecule has 3 aromatic rings. The Hall–Kier alpha value is -2.95. The molecule has 2 saturated carbocycles. The summed E-state index contributed by atoms with van der Waals surface area (Å²) in [5, 5.41) is 28.7. The predicted molar refractivity (Wildman–Crippen MR) is 151 cm³/mol. The van der Waals surface area contributed by atoms with Gasteiger partial charge < -0.3 is 24.8 Å². The number of aliphatic hydroxyl groups is 2. The summed E-state index contributed by atoms with van der Waals surface area (Å²) in [7, 11) is 3.56. The fourth-order valence-electron chi connectivity index (χ4n) is 6.08. The van der Waals surface area contributed by atoms with Crippen LogP contribution >= 0.6 is 11.6 Å². The zero-order valence-corrected chi connectivity index (χ0v) is 24.7. The molecule has 3 unspecified atom stereocenters. The highest BCUT2D eigenvalue weighted by atomic mass is 35.5. The molecule has 0 radical (unpaired) electrons. The molecule has 2 aromatic heterocycles. The van der Waals surface area contributed by atoms with E-state index in [1.807, 2.05) is 13.8 Å². The van der Waals surface area contributed by atoms with Crippen molar-refractivity contribution in [3.05, 3.63) is 58.5 Å². The monoisotopic (exact) mass is 575 g/mol. The maximum Gasteiger partial charge on any atom is 0.274 e. The molecule has 0 aliphatic heterocycles. The molecular weight excluding hydrogens is 537 g/mol. The first-order valence-electron chi connectivity index (χ1n) is 13.7. The molecule has 2 fully saturated rings. The molecule has 0 bridgehead atoms. The van der Waals surface area contributed by atoms with Crippen LogP contribution in [0.3, 0.4) is 0 Å². The van der Waals surface area contributed by atoms with Crippen LogP contribution in [0.4, 0.5) is 10.1 Å². The molecule has 11 heteroatoms. The molecule has 0 saturated heterocycles. The van der Waals surface area contributed by atoms with Crippen molar-refractivity contribution in [1.29, 1.82) is 0 Å². The summed E-state index contributed by atoms with van der Waals surface area (Å²) >= 11 is 5.87. The average molecular weight is 576 g/mol. The van der Waals surface area contributed by atoms with E-state index in [-0.39, 0.29) is 35.3 Å². The summed E-state index contributed by atoms with van der Waals surface area (Å²) in [4.78, 5) is 17.7. The van der Waals surface area contributed by atoms with E-state index in [1.165, 1.54) is 18.2 Å². The van der Waals surface area contributed by atoms with E-state index in [4.69, 9.17) is 16.3 Å². The molecule has 1 aromatic carbocycles. The summed E-state index contributed by atoms with van der Waals surface area (Å²) in [6, 6.07) is 5.82. The predicted octanol–water partition coefficient (Wildman–Crippen LogP) is 5.17. The number of carbonyl (C=O) groups is 1. The van der Waals surface area contributed by atoms with E-state index < -0.39 is 17.0 Å².